The SMILES string of the molecule is c1ccc2sc(N3CCN(c4nncs4)CC3)nc2c1. The van der Waals surface area contributed by atoms with Crippen LogP contribution in [0.3, 0.4) is 0 Å². The van der Waals surface area contributed by atoms with Crippen molar-refractivity contribution in [3.63, 3.8) is 0 Å². The fraction of sp³-hybridized carbons (Fsp3) is 0.308. The molecule has 0 radical (unpaired) electrons. The van der Waals surface area contributed by atoms with Crippen LogP contribution in [0.25, 0.3) is 10.2 Å². The zero-order valence-corrected chi connectivity index (χ0v) is 12.4. The van der Waals surface area contributed by atoms with Gasteiger partial charge in [0.15, 0.2) is 5.13 Å². The predicted octanol–water partition coefficient (Wildman–Crippen LogP) is 2.47. The molecule has 20 heavy (non-hydrogen) atoms. The number of hydrogen-bond donors (Lipinski definition) is 0. The van der Waals surface area contributed by atoms with Crippen molar-refractivity contribution in [1.82, 2.24) is 15.2 Å². The Morgan fingerprint density at radius 2 is 1.70 bits per heavy atom. The van der Waals surface area contributed by atoms with Crippen LogP contribution < -0.4 is 9.80 Å². The van der Waals surface area contributed by atoms with Gasteiger partial charge in [0.25, 0.3) is 0 Å². The van der Waals surface area contributed by atoms with Crippen molar-refractivity contribution in [3.05, 3.63) is 29.8 Å². The predicted molar refractivity (Wildman–Crippen MR) is 84.0 cm³/mol. The van der Waals surface area contributed by atoms with Gasteiger partial charge in [0.2, 0.25) is 5.13 Å². The van der Waals surface area contributed by atoms with Gasteiger partial charge in [-0.3, -0.25) is 0 Å². The molecule has 4 rings (SSSR count). The van der Waals surface area contributed by atoms with Crippen molar-refractivity contribution in [1.29, 1.82) is 0 Å². The number of para-hydroxylation sites is 1. The van der Waals surface area contributed by atoms with Gasteiger partial charge in [0, 0.05) is 26.2 Å². The van der Waals surface area contributed by atoms with Crippen LogP contribution in [0, 0.1) is 0 Å². The molecule has 102 valence electrons. The highest BCUT2D eigenvalue weighted by Gasteiger charge is 2.21. The Labute approximate surface area is 124 Å². The number of nitrogens with zero attached hydrogens (tertiary/aromatic N) is 5. The Morgan fingerprint density at radius 1 is 0.950 bits per heavy atom. The van der Waals surface area contributed by atoms with Crippen LogP contribution in [-0.2, 0) is 0 Å². The molecule has 5 nitrogen and oxygen atoms in total. The number of thiazole rings is 1. The van der Waals surface area contributed by atoms with Gasteiger partial charge >= 0.3 is 0 Å². The van der Waals surface area contributed by atoms with E-state index in [-0.39, 0.29) is 0 Å². The molecule has 0 unspecified atom stereocenters. The summed E-state index contributed by atoms with van der Waals surface area (Å²) in [5.74, 6) is 0. The molecule has 0 amide bonds. The van der Waals surface area contributed by atoms with Crippen LogP contribution in [0.2, 0.25) is 0 Å². The molecule has 1 saturated heterocycles. The van der Waals surface area contributed by atoms with Gasteiger partial charge in [-0.05, 0) is 12.1 Å². The molecule has 0 bridgehead atoms. The molecule has 0 atom stereocenters. The third kappa shape index (κ3) is 2.12. The Balaban J connectivity index is 1.51. The number of benzene rings is 1. The van der Waals surface area contributed by atoms with Gasteiger partial charge in [0.05, 0.1) is 10.2 Å². The van der Waals surface area contributed by atoms with Crippen molar-refractivity contribution >= 4 is 43.2 Å². The maximum absolute atomic E-state index is 4.72. The van der Waals surface area contributed by atoms with Crippen molar-refractivity contribution in [2.45, 2.75) is 0 Å². The lowest BCUT2D eigenvalue weighted by molar-refractivity contribution is 0.649. The first kappa shape index (κ1) is 12.0. The largest absolute Gasteiger partial charge is 0.345 e. The van der Waals surface area contributed by atoms with E-state index in [4.69, 9.17) is 4.98 Å². The topological polar surface area (TPSA) is 45.2 Å². The van der Waals surface area contributed by atoms with Crippen LogP contribution in [-0.4, -0.2) is 41.4 Å². The zero-order chi connectivity index (χ0) is 13.4. The van der Waals surface area contributed by atoms with Gasteiger partial charge in [-0.15, -0.1) is 10.2 Å². The standard InChI is InChI=1S/C13H13N5S2/c1-2-4-11-10(3-1)15-12(20-11)17-5-7-18(8-6-17)13-16-14-9-19-13/h1-4,9H,5-8H2. The van der Waals surface area contributed by atoms with E-state index < -0.39 is 0 Å². The molecule has 7 heteroatoms. The molecular formula is C13H13N5S2. The van der Waals surface area contributed by atoms with E-state index in [0.717, 1.165) is 42.0 Å². The monoisotopic (exact) mass is 303 g/mol. The van der Waals surface area contributed by atoms with Gasteiger partial charge in [0.1, 0.15) is 5.51 Å². The maximum atomic E-state index is 4.72. The van der Waals surface area contributed by atoms with Crippen LogP contribution in [0.5, 0.6) is 0 Å². The van der Waals surface area contributed by atoms with E-state index >= 15 is 0 Å². The Hall–Kier alpha value is -1.73. The van der Waals surface area contributed by atoms with E-state index in [1.54, 1.807) is 28.2 Å². The Kier molecular flexibility index (Phi) is 3.00. The maximum Gasteiger partial charge on any atom is 0.208 e. The molecule has 1 aliphatic heterocycles. The molecule has 1 aromatic carbocycles. The minimum Gasteiger partial charge on any atom is -0.345 e. The molecule has 1 fully saturated rings. The third-order valence-electron chi connectivity index (χ3n) is 3.45. The number of anilines is 2. The van der Waals surface area contributed by atoms with E-state index in [9.17, 15) is 0 Å². The highest BCUT2D eigenvalue weighted by molar-refractivity contribution is 7.22. The normalized spacial score (nSPS) is 16.0. The van der Waals surface area contributed by atoms with Crippen molar-refractivity contribution in [2.24, 2.45) is 0 Å². The molecule has 0 aliphatic carbocycles. The number of fused-ring (bicyclic) bond motifs is 1. The summed E-state index contributed by atoms with van der Waals surface area (Å²) >= 11 is 3.38. The lowest BCUT2D eigenvalue weighted by Gasteiger charge is -2.34. The van der Waals surface area contributed by atoms with Crippen molar-refractivity contribution < 1.29 is 0 Å². The fourth-order valence-corrected chi connectivity index (χ4v) is 4.02. The van der Waals surface area contributed by atoms with Crippen molar-refractivity contribution in [3.8, 4) is 0 Å². The van der Waals surface area contributed by atoms with Crippen LogP contribution >= 0.6 is 22.7 Å². The number of hydrogen-bond acceptors (Lipinski definition) is 7. The average Bonchev–Trinajstić information content (AvgIpc) is 3.17. The molecule has 3 heterocycles. The summed E-state index contributed by atoms with van der Waals surface area (Å²) in [7, 11) is 0. The van der Waals surface area contributed by atoms with Crippen LogP contribution in [0.15, 0.2) is 29.8 Å². The summed E-state index contributed by atoms with van der Waals surface area (Å²) in [6.07, 6.45) is 0. The van der Waals surface area contributed by atoms with Gasteiger partial charge in [-0.2, -0.15) is 0 Å². The molecule has 0 N–H and O–H groups in total. The minimum absolute atomic E-state index is 0.977. The summed E-state index contributed by atoms with van der Waals surface area (Å²) in [5, 5.41) is 10.2. The fourth-order valence-electron chi connectivity index (χ4n) is 2.39. The van der Waals surface area contributed by atoms with E-state index in [0.29, 0.717) is 0 Å². The Morgan fingerprint density at radius 3 is 2.40 bits per heavy atom. The van der Waals surface area contributed by atoms with E-state index in [1.807, 2.05) is 6.07 Å². The first-order valence-corrected chi connectivity index (χ1v) is 8.21. The highest BCUT2D eigenvalue weighted by atomic mass is 32.1. The minimum atomic E-state index is 0.977. The Bertz CT molecular complexity index is 667. The van der Waals surface area contributed by atoms with Crippen LogP contribution in [0.4, 0.5) is 10.3 Å². The van der Waals surface area contributed by atoms with Gasteiger partial charge in [-0.1, -0.05) is 34.8 Å². The lowest BCUT2D eigenvalue weighted by Crippen LogP contribution is -2.46. The summed E-state index contributed by atoms with van der Waals surface area (Å²) in [4.78, 5) is 9.38. The number of piperazine rings is 1. The quantitative estimate of drug-likeness (QED) is 0.728. The molecule has 0 spiro atoms. The summed E-state index contributed by atoms with van der Waals surface area (Å²) in [6.45, 7) is 3.93. The highest BCUT2D eigenvalue weighted by Crippen LogP contribution is 2.29. The lowest BCUT2D eigenvalue weighted by atomic mass is 10.3. The zero-order valence-electron chi connectivity index (χ0n) is 10.8. The summed E-state index contributed by atoms with van der Waals surface area (Å²) in [6, 6.07) is 8.32. The number of aromatic nitrogens is 3. The molecule has 3 aromatic rings. The second-order valence-electron chi connectivity index (χ2n) is 4.66. The van der Waals surface area contributed by atoms with E-state index in [2.05, 4.69) is 38.2 Å². The van der Waals surface area contributed by atoms with Crippen molar-refractivity contribution in [2.75, 3.05) is 36.0 Å². The second kappa shape index (κ2) is 4.99. The number of rotatable bonds is 2. The molecular weight excluding hydrogens is 290 g/mol. The third-order valence-corrected chi connectivity index (χ3v) is 5.30. The first-order valence-electron chi connectivity index (χ1n) is 6.52. The summed E-state index contributed by atoms with van der Waals surface area (Å²) < 4.78 is 1.26. The summed E-state index contributed by atoms with van der Waals surface area (Å²) in [5.41, 5.74) is 2.88. The second-order valence-corrected chi connectivity index (χ2v) is 6.48. The van der Waals surface area contributed by atoms with Gasteiger partial charge < -0.3 is 9.80 Å². The molecule has 1 aliphatic rings. The van der Waals surface area contributed by atoms with Crippen LogP contribution in [0.1, 0.15) is 0 Å². The first-order chi connectivity index (χ1) is 9.90. The molecule has 2 aromatic heterocycles. The average molecular weight is 303 g/mol. The molecule has 0 saturated carbocycles. The van der Waals surface area contributed by atoms with Gasteiger partial charge in [-0.25, -0.2) is 4.98 Å². The van der Waals surface area contributed by atoms with E-state index in [1.165, 1.54) is 4.70 Å². The smallest absolute Gasteiger partial charge is 0.208 e.